The van der Waals surface area contributed by atoms with Gasteiger partial charge in [0.2, 0.25) is 0 Å². The molecule has 0 radical (unpaired) electrons. The van der Waals surface area contributed by atoms with Gasteiger partial charge in [0.15, 0.2) is 0 Å². The standard InChI is InChI=1S/C14H19Cl2N/c1-17-9-12-4-2-3-10(12)7-11-5-6-13(15)8-14(11)16/h5-6,8,10,12,17H,2-4,7,9H2,1H3. The molecule has 2 atom stereocenters. The molecule has 0 heterocycles. The van der Waals surface area contributed by atoms with Crippen LogP contribution in [0.5, 0.6) is 0 Å². The maximum Gasteiger partial charge on any atom is 0.0452 e. The molecule has 0 spiro atoms. The van der Waals surface area contributed by atoms with Crippen molar-refractivity contribution in [2.75, 3.05) is 13.6 Å². The maximum atomic E-state index is 6.23. The first kappa shape index (κ1) is 13.2. The Kier molecular flexibility index (Phi) is 4.72. The van der Waals surface area contributed by atoms with Crippen LogP contribution in [0.25, 0.3) is 0 Å². The fourth-order valence-electron chi connectivity index (χ4n) is 2.88. The Morgan fingerprint density at radius 2 is 2.00 bits per heavy atom. The van der Waals surface area contributed by atoms with E-state index in [4.69, 9.17) is 23.2 Å². The van der Waals surface area contributed by atoms with E-state index in [1.54, 1.807) is 0 Å². The van der Waals surface area contributed by atoms with E-state index in [0.717, 1.165) is 34.8 Å². The molecule has 1 aromatic carbocycles. The van der Waals surface area contributed by atoms with Crippen LogP contribution in [0.4, 0.5) is 0 Å². The summed E-state index contributed by atoms with van der Waals surface area (Å²) in [5.41, 5.74) is 1.24. The van der Waals surface area contributed by atoms with E-state index < -0.39 is 0 Å². The van der Waals surface area contributed by atoms with E-state index >= 15 is 0 Å². The van der Waals surface area contributed by atoms with Crippen LogP contribution in [0.2, 0.25) is 10.0 Å². The van der Waals surface area contributed by atoms with E-state index in [0.29, 0.717) is 0 Å². The van der Waals surface area contributed by atoms with Crippen LogP contribution >= 0.6 is 23.2 Å². The molecule has 2 unspecified atom stereocenters. The van der Waals surface area contributed by atoms with E-state index in [-0.39, 0.29) is 0 Å². The quantitative estimate of drug-likeness (QED) is 0.867. The van der Waals surface area contributed by atoms with Crippen molar-refractivity contribution in [3.8, 4) is 0 Å². The number of halogens is 2. The predicted octanol–water partition coefficient (Wildman–Crippen LogP) is 4.17. The zero-order valence-corrected chi connectivity index (χ0v) is 11.7. The van der Waals surface area contributed by atoms with Crippen LogP contribution in [-0.2, 0) is 6.42 Å². The number of nitrogens with one attached hydrogen (secondary N) is 1. The lowest BCUT2D eigenvalue weighted by Crippen LogP contribution is -2.23. The number of benzene rings is 1. The predicted molar refractivity (Wildman–Crippen MR) is 74.9 cm³/mol. The second-order valence-electron chi connectivity index (χ2n) is 4.95. The van der Waals surface area contributed by atoms with E-state index in [1.165, 1.54) is 24.8 Å². The molecule has 1 fully saturated rings. The smallest absolute Gasteiger partial charge is 0.0452 e. The number of hydrogen-bond acceptors (Lipinski definition) is 1. The summed E-state index contributed by atoms with van der Waals surface area (Å²) >= 11 is 12.2. The van der Waals surface area contributed by atoms with Gasteiger partial charge < -0.3 is 5.32 Å². The number of hydrogen-bond donors (Lipinski definition) is 1. The Morgan fingerprint density at radius 1 is 1.24 bits per heavy atom. The third kappa shape index (κ3) is 3.37. The van der Waals surface area contributed by atoms with Gasteiger partial charge in [0.05, 0.1) is 0 Å². The summed E-state index contributed by atoms with van der Waals surface area (Å²) in [6, 6.07) is 5.85. The third-order valence-corrected chi connectivity index (χ3v) is 4.37. The minimum Gasteiger partial charge on any atom is -0.319 e. The Balaban J connectivity index is 2.04. The van der Waals surface area contributed by atoms with Crippen molar-refractivity contribution in [2.45, 2.75) is 25.7 Å². The minimum atomic E-state index is 0.719. The minimum absolute atomic E-state index is 0.719. The van der Waals surface area contributed by atoms with Crippen molar-refractivity contribution in [2.24, 2.45) is 11.8 Å². The zero-order valence-electron chi connectivity index (χ0n) is 10.2. The molecular weight excluding hydrogens is 253 g/mol. The normalized spacial score (nSPS) is 24.2. The molecule has 0 aliphatic heterocycles. The largest absolute Gasteiger partial charge is 0.319 e. The molecule has 0 bridgehead atoms. The van der Waals surface area contributed by atoms with Gasteiger partial charge >= 0.3 is 0 Å². The van der Waals surface area contributed by atoms with Crippen LogP contribution in [0, 0.1) is 11.8 Å². The summed E-state index contributed by atoms with van der Waals surface area (Å²) < 4.78 is 0. The first-order valence-corrected chi connectivity index (χ1v) is 7.05. The summed E-state index contributed by atoms with van der Waals surface area (Å²) in [6.07, 6.45) is 5.10. The molecular formula is C14H19Cl2N. The lowest BCUT2D eigenvalue weighted by Gasteiger charge is -2.19. The summed E-state index contributed by atoms with van der Waals surface area (Å²) in [7, 11) is 2.03. The molecule has 94 valence electrons. The van der Waals surface area contributed by atoms with E-state index in [1.807, 2.05) is 19.2 Å². The Labute approximate surface area is 114 Å². The van der Waals surface area contributed by atoms with Crippen LogP contribution in [0.3, 0.4) is 0 Å². The Morgan fingerprint density at radius 3 is 2.71 bits per heavy atom. The maximum absolute atomic E-state index is 6.23. The van der Waals surface area contributed by atoms with E-state index in [9.17, 15) is 0 Å². The van der Waals surface area contributed by atoms with Crippen molar-refractivity contribution in [1.82, 2.24) is 5.32 Å². The van der Waals surface area contributed by atoms with Crippen molar-refractivity contribution in [3.05, 3.63) is 33.8 Å². The van der Waals surface area contributed by atoms with Gasteiger partial charge in [0.25, 0.3) is 0 Å². The summed E-state index contributed by atoms with van der Waals surface area (Å²) in [5.74, 6) is 1.56. The molecule has 3 heteroatoms. The molecule has 1 aliphatic rings. The second kappa shape index (κ2) is 6.08. The third-order valence-electron chi connectivity index (χ3n) is 3.78. The fraction of sp³-hybridized carbons (Fsp3) is 0.571. The van der Waals surface area contributed by atoms with Crippen LogP contribution < -0.4 is 5.32 Å². The summed E-state index contributed by atoms with van der Waals surface area (Å²) in [5, 5.41) is 4.83. The molecule has 1 aromatic rings. The first-order chi connectivity index (χ1) is 8.20. The zero-order chi connectivity index (χ0) is 12.3. The SMILES string of the molecule is CNCC1CCCC1Cc1ccc(Cl)cc1Cl. The second-order valence-corrected chi connectivity index (χ2v) is 5.79. The van der Waals surface area contributed by atoms with Crippen LogP contribution in [-0.4, -0.2) is 13.6 Å². The van der Waals surface area contributed by atoms with Gasteiger partial charge in [-0.25, -0.2) is 0 Å². The van der Waals surface area contributed by atoms with Crippen molar-refractivity contribution < 1.29 is 0 Å². The van der Waals surface area contributed by atoms with Gasteiger partial charge in [-0.15, -0.1) is 0 Å². The van der Waals surface area contributed by atoms with Gasteiger partial charge in [0, 0.05) is 10.0 Å². The first-order valence-electron chi connectivity index (χ1n) is 6.29. The Bertz CT molecular complexity index is 378. The van der Waals surface area contributed by atoms with E-state index in [2.05, 4.69) is 11.4 Å². The van der Waals surface area contributed by atoms with Gasteiger partial charge in [-0.3, -0.25) is 0 Å². The summed E-state index contributed by atoms with van der Waals surface area (Å²) in [6.45, 7) is 1.12. The molecule has 1 aliphatic carbocycles. The van der Waals surface area contributed by atoms with Gasteiger partial charge in [-0.05, 0) is 62.4 Å². The van der Waals surface area contributed by atoms with Gasteiger partial charge in [-0.1, -0.05) is 35.7 Å². The molecule has 0 saturated heterocycles. The highest BCUT2D eigenvalue weighted by atomic mass is 35.5. The van der Waals surface area contributed by atoms with Crippen LogP contribution in [0.15, 0.2) is 18.2 Å². The number of rotatable bonds is 4. The van der Waals surface area contributed by atoms with Crippen molar-refractivity contribution in [1.29, 1.82) is 0 Å². The topological polar surface area (TPSA) is 12.0 Å². The molecule has 2 rings (SSSR count). The van der Waals surface area contributed by atoms with Gasteiger partial charge in [0.1, 0.15) is 0 Å². The Hall–Kier alpha value is -0.240. The highest BCUT2D eigenvalue weighted by molar-refractivity contribution is 6.35. The average molecular weight is 272 g/mol. The average Bonchev–Trinajstić information content (AvgIpc) is 2.71. The fourth-order valence-corrected chi connectivity index (χ4v) is 3.37. The molecule has 1 nitrogen and oxygen atoms in total. The molecule has 1 saturated carbocycles. The van der Waals surface area contributed by atoms with Crippen molar-refractivity contribution >= 4 is 23.2 Å². The monoisotopic (exact) mass is 271 g/mol. The van der Waals surface area contributed by atoms with Gasteiger partial charge in [-0.2, -0.15) is 0 Å². The lowest BCUT2D eigenvalue weighted by molar-refractivity contribution is 0.374. The van der Waals surface area contributed by atoms with Crippen molar-refractivity contribution in [3.63, 3.8) is 0 Å². The molecule has 0 amide bonds. The molecule has 0 aromatic heterocycles. The highest BCUT2D eigenvalue weighted by Gasteiger charge is 2.27. The molecule has 17 heavy (non-hydrogen) atoms. The van der Waals surface area contributed by atoms with Crippen LogP contribution in [0.1, 0.15) is 24.8 Å². The molecule has 1 N–H and O–H groups in total. The highest BCUT2D eigenvalue weighted by Crippen LogP contribution is 2.35. The lowest BCUT2D eigenvalue weighted by atomic mass is 9.89. The summed E-state index contributed by atoms with van der Waals surface area (Å²) in [4.78, 5) is 0.